The van der Waals surface area contributed by atoms with Crippen LogP contribution in [0.2, 0.25) is 0 Å². The minimum Gasteiger partial charge on any atom is -0.310 e. The molecule has 0 N–H and O–H groups in total. The number of thiophene rings is 1. The van der Waals surface area contributed by atoms with E-state index in [1.807, 2.05) is 11.3 Å². The Morgan fingerprint density at radius 1 is 0.382 bits per heavy atom. The van der Waals surface area contributed by atoms with Crippen LogP contribution in [0.3, 0.4) is 0 Å². The first-order valence-electron chi connectivity index (χ1n) is 19.1. The van der Waals surface area contributed by atoms with Crippen molar-refractivity contribution in [3.05, 3.63) is 199 Å². The Morgan fingerprint density at radius 3 is 1.80 bits per heavy atom. The first-order chi connectivity index (χ1) is 27.0. The first-order valence-corrected chi connectivity index (χ1v) is 19.9. The Bertz CT molecular complexity index is 3130. The topological polar surface area (TPSA) is 3.24 Å². The van der Waals surface area contributed by atoms with E-state index in [1.165, 1.54) is 86.2 Å². The average molecular weight is 720 g/mol. The average Bonchev–Trinajstić information content (AvgIpc) is 3.72. The highest BCUT2D eigenvalue weighted by Gasteiger charge is 2.35. The molecule has 1 aliphatic carbocycles. The lowest BCUT2D eigenvalue weighted by molar-refractivity contribution is 0.660. The molecule has 0 radical (unpaired) electrons. The molecule has 0 saturated heterocycles. The van der Waals surface area contributed by atoms with Crippen LogP contribution in [0.1, 0.15) is 25.0 Å². The molecule has 2 heteroatoms. The van der Waals surface area contributed by atoms with Crippen LogP contribution in [-0.2, 0) is 5.41 Å². The second-order valence-electron chi connectivity index (χ2n) is 15.4. The maximum Gasteiger partial charge on any atom is 0.0468 e. The van der Waals surface area contributed by atoms with Gasteiger partial charge >= 0.3 is 0 Å². The maximum absolute atomic E-state index is 2.42. The molecule has 1 heterocycles. The van der Waals surface area contributed by atoms with E-state index in [0.717, 1.165) is 17.1 Å². The molecule has 260 valence electrons. The van der Waals surface area contributed by atoms with Gasteiger partial charge in [0.05, 0.1) is 0 Å². The summed E-state index contributed by atoms with van der Waals surface area (Å²) >= 11 is 1.89. The van der Waals surface area contributed by atoms with Crippen LogP contribution >= 0.6 is 11.3 Å². The van der Waals surface area contributed by atoms with Crippen molar-refractivity contribution in [2.24, 2.45) is 0 Å². The Balaban J connectivity index is 1.06. The van der Waals surface area contributed by atoms with Crippen LogP contribution in [0.5, 0.6) is 0 Å². The molecule has 0 atom stereocenters. The molecule has 0 spiro atoms. The van der Waals surface area contributed by atoms with Gasteiger partial charge in [-0.3, -0.25) is 0 Å². The van der Waals surface area contributed by atoms with Gasteiger partial charge in [-0.2, -0.15) is 0 Å². The third kappa shape index (κ3) is 5.13. The quantitative estimate of drug-likeness (QED) is 0.171. The number of hydrogen-bond donors (Lipinski definition) is 0. The van der Waals surface area contributed by atoms with Crippen LogP contribution < -0.4 is 4.90 Å². The third-order valence-corrected chi connectivity index (χ3v) is 13.0. The van der Waals surface area contributed by atoms with Crippen LogP contribution in [0.15, 0.2) is 188 Å². The minimum atomic E-state index is -0.0892. The van der Waals surface area contributed by atoms with Crippen molar-refractivity contribution in [3.63, 3.8) is 0 Å². The molecule has 10 aromatic rings. The lowest BCUT2D eigenvalue weighted by atomic mass is 9.82. The van der Waals surface area contributed by atoms with Gasteiger partial charge in [0.1, 0.15) is 0 Å². The zero-order valence-electron chi connectivity index (χ0n) is 30.8. The van der Waals surface area contributed by atoms with Gasteiger partial charge in [-0.1, -0.05) is 141 Å². The minimum absolute atomic E-state index is 0.0892. The fourth-order valence-corrected chi connectivity index (χ4v) is 10.2. The molecule has 1 nitrogen and oxygen atoms in total. The Kier molecular flexibility index (Phi) is 7.14. The van der Waals surface area contributed by atoms with Crippen LogP contribution in [0.4, 0.5) is 17.1 Å². The Hall–Kier alpha value is -6.48. The number of anilines is 3. The van der Waals surface area contributed by atoms with Crippen molar-refractivity contribution in [2.75, 3.05) is 4.90 Å². The molecule has 1 aliphatic rings. The summed E-state index contributed by atoms with van der Waals surface area (Å²) in [6.07, 6.45) is 0. The van der Waals surface area contributed by atoms with Gasteiger partial charge in [0.15, 0.2) is 0 Å². The predicted octanol–water partition coefficient (Wildman–Crippen LogP) is 15.5. The summed E-state index contributed by atoms with van der Waals surface area (Å²) in [5.74, 6) is 0. The number of fused-ring (bicyclic) bond motifs is 8. The number of rotatable bonds is 5. The van der Waals surface area contributed by atoms with Crippen molar-refractivity contribution in [1.29, 1.82) is 0 Å². The van der Waals surface area contributed by atoms with E-state index >= 15 is 0 Å². The fourth-order valence-electron chi connectivity index (χ4n) is 8.96. The monoisotopic (exact) mass is 719 g/mol. The normalized spacial score (nSPS) is 13.1. The van der Waals surface area contributed by atoms with Gasteiger partial charge in [-0.05, 0) is 121 Å². The van der Waals surface area contributed by atoms with E-state index in [2.05, 4.69) is 207 Å². The van der Waals surface area contributed by atoms with E-state index in [-0.39, 0.29) is 5.41 Å². The second-order valence-corrected chi connectivity index (χ2v) is 16.4. The molecule has 0 bridgehead atoms. The first kappa shape index (κ1) is 32.0. The molecule has 0 fully saturated rings. The summed E-state index contributed by atoms with van der Waals surface area (Å²) in [7, 11) is 0. The highest BCUT2D eigenvalue weighted by Crippen LogP contribution is 2.51. The maximum atomic E-state index is 2.42. The zero-order valence-corrected chi connectivity index (χ0v) is 31.6. The molecule has 0 amide bonds. The molecule has 0 aliphatic heterocycles. The van der Waals surface area contributed by atoms with Crippen molar-refractivity contribution in [2.45, 2.75) is 19.3 Å². The predicted molar refractivity (Wildman–Crippen MR) is 237 cm³/mol. The Labute approximate surface area is 325 Å². The van der Waals surface area contributed by atoms with E-state index in [4.69, 9.17) is 0 Å². The van der Waals surface area contributed by atoms with Crippen molar-refractivity contribution in [1.82, 2.24) is 0 Å². The second kappa shape index (κ2) is 12.3. The smallest absolute Gasteiger partial charge is 0.0468 e. The molecule has 0 unspecified atom stereocenters. The van der Waals surface area contributed by atoms with Gasteiger partial charge in [0.25, 0.3) is 0 Å². The molecule has 9 aromatic carbocycles. The molecule has 55 heavy (non-hydrogen) atoms. The van der Waals surface area contributed by atoms with Gasteiger partial charge in [-0.25, -0.2) is 0 Å². The van der Waals surface area contributed by atoms with Crippen molar-refractivity contribution in [3.8, 4) is 33.4 Å². The summed E-state index contributed by atoms with van der Waals surface area (Å²) in [6.45, 7) is 4.71. The highest BCUT2D eigenvalue weighted by molar-refractivity contribution is 7.26. The summed E-state index contributed by atoms with van der Waals surface area (Å²) in [4.78, 5) is 2.42. The van der Waals surface area contributed by atoms with Crippen LogP contribution in [-0.4, -0.2) is 0 Å². The van der Waals surface area contributed by atoms with Gasteiger partial charge in [0, 0.05) is 48.2 Å². The Morgan fingerprint density at radius 2 is 0.982 bits per heavy atom. The van der Waals surface area contributed by atoms with E-state index in [9.17, 15) is 0 Å². The summed E-state index contributed by atoms with van der Waals surface area (Å²) in [5, 5.41) is 7.62. The molecule has 1 aromatic heterocycles. The molecular weight excluding hydrogens is 683 g/mol. The van der Waals surface area contributed by atoms with Crippen LogP contribution in [0, 0.1) is 0 Å². The lowest BCUT2D eigenvalue weighted by Crippen LogP contribution is -2.16. The number of nitrogens with zero attached hydrogens (tertiary/aromatic N) is 1. The molecular formula is C53H37NS. The van der Waals surface area contributed by atoms with Gasteiger partial charge in [-0.15, -0.1) is 11.3 Å². The molecule has 0 saturated carbocycles. The van der Waals surface area contributed by atoms with E-state index in [0.29, 0.717) is 0 Å². The van der Waals surface area contributed by atoms with E-state index in [1.54, 1.807) is 0 Å². The zero-order chi connectivity index (χ0) is 36.7. The van der Waals surface area contributed by atoms with Gasteiger partial charge in [0.2, 0.25) is 0 Å². The summed E-state index contributed by atoms with van der Waals surface area (Å²) in [5.41, 5.74) is 13.7. The fraction of sp³-hybridized carbons (Fsp3) is 0.0566. The lowest BCUT2D eigenvalue weighted by Gasteiger charge is -2.28. The standard InChI is InChI=1S/C53H37NS/c1-53(2)49-17-9-7-15-44(49)45-28-27-43(33-50(45)53)54(42-26-23-35-12-4-6-14-38(35)30-42)41-24-21-36(22-25-41)40-31-47(39-20-19-34-11-3-5-13-37(34)29-39)52-48(32-40)46-16-8-10-18-51(46)55-52/h3-33H,1-2H3. The third-order valence-electron chi connectivity index (χ3n) is 11.8. The number of benzene rings is 9. The van der Waals surface area contributed by atoms with Crippen molar-refractivity contribution < 1.29 is 0 Å². The number of hydrogen-bond acceptors (Lipinski definition) is 2. The van der Waals surface area contributed by atoms with Gasteiger partial charge < -0.3 is 4.90 Å². The van der Waals surface area contributed by atoms with Crippen LogP contribution in [0.25, 0.3) is 75.1 Å². The SMILES string of the molecule is CC1(C)c2ccccc2-c2ccc(N(c3ccc(-c4cc(-c5ccc6ccccc6c5)c5sc6ccccc6c5c4)cc3)c3ccc4ccccc4c3)cc21. The summed E-state index contributed by atoms with van der Waals surface area (Å²) < 4.78 is 2.65. The largest absolute Gasteiger partial charge is 0.310 e. The highest BCUT2D eigenvalue weighted by atomic mass is 32.1. The summed E-state index contributed by atoms with van der Waals surface area (Å²) in [6, 6.07) is 69.7. The van der Waals surface area contributed by atoms with E-state index < -0.39 is 0 Å². The van der Waals surface area contributed by atoms with Crippen molar-refractivity contribution >= 4 is 70.1 Å². The molecule has 11 rings (SSSR count).